The van der Waals surface area contributed by atoms with E-state index in [0.717, 1.165) is 13.1 Å². The summed E-state index contributed by atoms with van der Waals surface area (Å²) < 4.78 is 0. The molecule has 0 aromatic rings. The fourth-order valence-corrected chi connectivity index (χ4v) is 0.777. The van der Waals surface area contributed by atoms with Gasteiger partial charge < -0.3 is 12.1 Å². The smallest absolute Gasteiger partial charge is 1.00 e. The third-order valence-electron chi connectivity index (χ3n) is 1.03. The van der Waals surface area contributed by atoms with Gasteiger partial charge in [0.1, 0.15) is 0 Å². The summed E-state index contributed by atoms with van der Waals surface area (Å²) in [6.45, 7) is 5.35. The number of hydrogen-bond acceptors (Lipinski definition) is 2. The molecule has 0 aliphatic rings. The predicted molar refractivity (Wildman–Crippen MR) is 57.0 cm³/mol. The largest absolute Gasteiger partial charge is 1.00 e. The number of amides is 2. The Balaban J connectivity index is -0.0000000733. The molecule has 0 aromatic carbocycles. The Bertz CT molecular complexity index is 155. The molecule has 0 spiro atoms. The Kier molecular flexibility index (Phi) is 20.2. The predicted octanol–water partition coefficient (Wildman–Crippen LogP) is -1.51. The minimum atomic E-state index is -0.639. The molecule has 74 valence electrons. The number of rotatable bonds is 2. The Morgan fingerprint density at radius 3 is 1.54 bits per heavy atom. The number of carbonyl (C=O) groups is 2. The van der Waals surface area contributed by atoms with E-state index in [0.29, 0.717) is 0 Å². The van der Waals surface area contributed by atoms with Gasteiger partial charge in [-0.25, -0.2) is 0 Å². The van der Waals surface area contributed by atoms with Gasteiger partial charge in [0.25, 0.3) is 10.5 Å². The molecule has 13 heavy (non-hydrogen) atoms. The average Bonchev–Trinajstić information content (AvgIpc) is 1.87. The molecule has 0 unspecified atom stereocenters. The normalized spacial score (nSPS) is 7.38. The molecule has 0 radical (unpaired) electrons. The zero-order valence-electron chi connectivity index (χ0n) is 9.15. The van der Waals surface area contributed by atoms with E-state index in [1.165, 1.54) is 0 Å². The van der Waals surface area contributed by atoms with E-state index in [1.807, 2.05) is 13.8 Å². The molecule has 0 heterocycles. The molecule has 2 amide bonds. The number of thiol groups is 2. The van der Waals surface area contributed by atoms with Gasteiger partial charge in [0, 0.05) is 13.1 Å². The van der Waals surface area contributed by atoms with Crippen LogP contribution in [-0.2, 0) is 0 Å². The van der Waals surface area contributed by atoms with Crippen molar-refractivity contribution in [3.8, 4) is 0 Å². The van der Waals surface area contributed by atoms with Crippen LogP contribution in [0.5, 0.6) is 0 Å². The van der Waals surface area contributed by atoms with Crippen LogP contribution in [0.3, 0.4) is 0 Å². The molecule has 4 nitrogen and oxygen atoms in total. The molecule has 0 rings (SSSR count). The number of hydrogen-bond donors (Lipinski definition) is 3. The molecule has 7 heteroatoms. The van der Waals surface area contributed by atoms with Crippen molar-refractivity contribution >= 4 is 35.7 Å². The first-order valence-electron chi connectivity index (χ1n) is 3.41. The first kappa shape index (κ1) is 19.8. The van der Waals surface area contributed by atoms with Crippen molar-refractivity contribution in [2.45, 2.75) is 13.8 Å². The average molecular weight is 250 g/mol. The minimum Gasteiger partial charge on any atom is -1.00 e. The Morgan fingerprint density at radius 2 is 1.54 bits per heavy atom. The van der Waals surface area contributed by atoms with Crippen LogP contribution in [0.15, 0.2) is 0 Å². The van der Waals surface area contributed by atoms with Crippen molar-refractivity contribution < 1.29 is 62.4 Å². The van der Waals surface area contributed by atoms with E-state index in [2.05, 4.69) is 31.0 Å². The summed E-state index contributed by atoms with van der Waals surface area (Å²) >= 11 is 6.75. The van der Waals surface area contributed by atoms with Gasteiger partial charge in [0.05, 0.1) is 0 Å². The Morgan fingerprint density at radius 1 is 1.31 bits per heavy atom. The summed E-state index contributed by atoms with van der Waals surface area (Å²) in [5.41, 5.74) is 4.34. The van der Waals surface area contributed by atoms with Crippen molar-refractivity contribution in [3.05, 3.63) is 0 Å². The number of carbonyl (C=O) groups excluding carboxylic acids is 2. The Labute approximate surface area is 134 Å². The fraction of sp³-hybridized carbons (Fsp3) is 0.667. The van der Waals surface area contributed by atoms with Crippen molar-refractivity contribution in [1.82, 2.24) is 4.90 Å². The van der Waals surface area contributed by atoms with Crippen LogP contribution in [0.2, 0.25) is 0 Å². The molecule has 0 aliphatic carbocycles. The van der Waals surface area contributed by atoms with Gasteiger partial charge in [-0.15, -0.1) is 0 Å². The maximum atomic E-state index is 10.4. The van der Waals surface area contributed by atoms with Crippen LogP contribution in [-0.4, -0.2) is 28.5 Å². The summed E-state index contributed by atoms with van der Waals surface area (Å²) in [5.74, 6) is 0. The van der Waals surface area contributed by atoms with Crippen molar-refractivity contribution in [1.29, 1.82) is 0 Å². The van der Waals surface area contributed by atoms with Crippen molar-refractivity contribution in [2.24, 2.45) is 5.73 Å². The molecule has 0 saturated heterocycles. The number of primary amides is 1. The summed E-state index contributed by atoms with van der Waals surface area (Å²) in [6, 6.07) is 0. The van der Waals surface area contributed by atoms with E-state index in [1.54, 1.807) is 4.90 Å². The van der Waals surface area contributed by atoms with E-state index < -0.39 is 5.24 Å². The zero-order valence-corrected chi connectivity index (χ0v) is 13.1. The molecule has 0 fully saturated rings. The van der Waals surface area contributed by atoms with Crippen LogP contribution in [0.25, 0.3) is 0 Å². The molecule has 0 saturated carbocycles. The maximum Gasteiger partial charge on any atom is 1.00 e. The van der Waals surface area contributed by atoms with Gasteiger partial charge in [0.2, 0.25) is 0 Å². The van der Waals surface area contributed by atoms with Crippen LogP contribution >= 0.6 is 25.3 Å². The van der Waals surface area contributed by atoms with Crippen LogP contribution in [0, 0.1) is 0 Å². The van der Waals surface area contributed by atoms with Gasteiger partial charge in [-0.1, -0.05) is 25.3 Å². The summed E-state index contributed by atoms with van der Waals surface area (Å²) in [4.78, 5) is 21.1. The molecule has 2 N–H and O–H groups in total. The summed E-state index contributed by atoms with van der Waals surface area (Å²) in [7, 11) is 0. The van der Waals surface area contributed by atoms with Crippen LogP contribution in [0.1, 0.15) is 15.3 Å². The topological polar surface area (TPSA) is 63.4 Å². The van der Waals surface area contributed by atoms with E-state index in [-0.39, 0.29) is 58.1 Å². The monoisotopic (exact) mass is 250 g/mol. The third kappa shape index (κ3) is 19.6. The number of nitrogens with two attached hydrogens (primary N) is 1. The van der Waals surface area contributed by atoms with Crippen LogP contribution in [0.4, 0.5) is 9.59 Å². The Hall–Kier alpha value is 1.28. The molecular weight excluding hydrogens is 235 g/mol. The molecular formula is C6H15KN2O2S2. The van der Waals surface area contributed by atoms with E-state index in [4.69, 9.17) is 4.79 Å². The van der Waals surface area contributed by atoms with Gasteiger partial charge >= 0.3 is 51.4 Å². The van der Waals surface area contributed by atoms with Gasteiger partial charge in [0.15, 0.2) is 0 Å². The molecule has 0 aromatic heterocycles. The molecule has 0 aliphatic heterocycles. The standard InChI is InChI=1S/C5H11NOS.CH3NOS.K.H/c1-3-6(4-2)5(7)8;2-1(3)4;;/h3-4H2,1-2H3,(H,7,8);(H3,2,3,4);;/q;;+1;-1. The van der Waals surface area contributed by atoms with Crippen LogP contribution < -0.4 is 57.1 Å². The summed E-state index contributed by atoms with van der Waals surface area (Å²) in [6.07, 6.45) is 0. The summed E-state index contributed by atoms with van der Waals surface area (Å²) in [5, 5.41) is -0.782. The molecule has 0 atom stereocenters. The second-order valence-corrected chi connectivity index (χ2v) is 2.62. The number of nitrogens with zero attached hydrogens (tertiary/aromatic N) is 1. The van der Waals surface area contributed by atoms with E-state index in [9.17, 15) is 4.79 Å². The second kappa shape index (κ2) is 13.3. The van der Waals surface area contributed by atoms with Gasteiger partial charge in [-0.05, 0) is 13.8 Å². The first-order valence-corrected chi connectivity index (χ1v) is 4.31. The zero-order chi connectivity index (χ0) is 10.1. The first-order chi connectivity index (χ1) is 5.45. The van der Waals surface area contributed by atoms with Crippen molar-refractivity contribution in [3.63, 3.8) is 0 Å². The third-order valence-corrected chi connectivity index (χ3v) is 1.32. The van der Waals surface area contributed by atoms with Gasteiger partial charge in [-0.2, -0.15) is 0 Å². The quantitative estimate of drug-likeness (QED) is 0.412. The minimum absolute atomic E-state index is 0. The fourth-order valence-electron chi connectivity index (χ4n) is 0.494. The second-order valence-electron chi connectivity index (χ2n) is 1.79. The maximum absolute atomic E-state index is 10.4. The van der Waals surface area contributed by atoms with E-state index >= 15 is 0 Å². The van der Waals surface area contributed by atoms with Gasteiger partial charge in [-0.3, -0.25) is 9.59 Å². The SMILES string of the molecule is CCN(CC)C(=O)S.NC(=O)S.[H-].[K+]. The molecule has 0 bridgehead atoms. The van der Waals surface area contributed by atoms with Crippen molar-refractivity contribution in [2.75, 3.05) is 13.1 Å².